The Balaban J connectivity index is 2.09. The van der Waals surface area contributed by atoms with Gasteiger partial charge in [0.25, 0.3) is 5.56 Å². The van der Waals surface area contributed by atoms with E-state index in [-0.39, 0.29) is 15.3 Å². The van der Waals surface area contributed by atoms with E-state index in [4.69, 9.17) is 11.6 Å². The first-order chi connectivity index (χ1) is 10.4. The van der Waals surface area contributed by atoms with Gasteiger partial charge in [-0.1, -0.05) is 50.6 Å². The SMILES string of the molecule is CC(C)(C)SCCNc1cnn(-c2ccccc2)c(=O)c1Cl. The first-order valence-electron chi connectivity index (χ1n) is 7.09. The minimum atomic E-state index is -0.318. The number of para-hydroxylation sites is 1. The van der Waals surface area contributed by atoms with Gasteiger partial charge in [0.15, 0.2) is 0 Å². The molecule has 0 amide bonds. The van der Waals surface area contributed by atoms with Crippen LogP contribution in [0.15, 0.2) is 41.3 Å². The van der Waals surface area contributed by atoms with E-state index in [1.165, 1.54) is 4.68 Å². The van der Waals surface area contributed by atoms with Crippen LogP contribution in [-0.4, -0.2) is 26.8 Å². The fourth-order valence-corrected chi connectivity index (χ4v) is 2.86. The Morgan fingerprint density at radius 1 is 1.27 bits per heavy atom. The highest BCUT2D eigenvalue weighted by Crippen LogP contribution is 2.23. The summed E-state index contributed by atoms with van der Waals surface area (Å²) in [4.78, 5) is 12.3. The average molecular weight is 338 g/mol. The van der Waals surface area contributed by atoms with Crippen LogP contribution in [0.3, 0.4) is 0 Å². The van der Waals surface area contributed by atoms with Gasteiger partial charge in [-0.2, -0.15) is 21.5 Å². The van der Waals surface area contributed by atoms with Crippen molar-refractivity contribution < 1.29 is 0 Å². The molecule has 0 atom stereocenters. The van der Waals surface area contributed by atoms with Crippen LogP contribution in [0, 0.1) is 0 Å². The minimum absolute atomic E-state index is 0.166. The summed E-state index contributed by atoms with van der Waals surface area (Å²) < 4.78 is 1.53. The number of nitrogens with one attached hydrogen (secondary N) is 1. The molecule has 0 radical (unpaired) electrons. The molecule has 1 aromatic carbocycles. The van der Waals surface area contributed by atoms with Crippen molar-refractivity contribution in [2.75, 3.05) is 17.6 Å². The molecule has 0 aliphatic carbocycles. The lowest BCUT2D eigenvalue weighted by Crippen LogP contribution is -2.23. The molecule has 0 aliphatic rings. The normalized spacial score (nSPS) is 11.5. The molecule has 1 aromatic heterocycles. The van der Waals surface area contributed by atoms with Gasteiger partial charge in [0.1, 0.15) is 5.02 Å². The zero-order valence-corrected chi connectivity index (χ0v) is 14.5. The molecular weight excluding hydrogens is 318 g/mol. The van der Waals surface area contributed by atoms with Crippen LogP contribution in [0.1, 0.15) is 20.8 Å². The van der Waals surface area contributed by atoms with Crippen LogP contribution in [0.25, 0.3) is 5.69 Å². The molecule has 2 aromatic rings. The summed E-state index contributed by atoms with van der Waals surface area (Å²) >= 11 is 8.03. The quantitative estimate of drug-likeness (QED) is 0.842. The topological polar surface area (TPSA) is 46.9 Å². The molecule has 1 N–H and O–H groups in total. The van der Waals surface area contributed by atoms with E-state index >= 15 is 0 Å². The van der Waals surface area contributed by atoms with Crippen LogP contribution >= 0.6 is 23.4 Å². The summed E-state index contributed by atoms with van der Waals surface area (Å²) in [6.45, 7) is 7.26. The van der Waals surface area contributed by atoms with E-state index < -0.39 is 0 Å². The lowest BCUT2D eigenvalue weighted by Gasteiger charge is -2.18. The number of hydrogen-bond donors (Lipinski definition) is 1. The number of thioether (sulfide) groups is 1. The second-order valence-electron chi connectivity index (χ2n) is 5.81. The van der Waals surface area contributed by atoms with Crippen molar-refractivity contribution in [3.63, 3.8) is 0 Å². The van der Waals surface area contributed by atoms with E-state index in [1.807, 2.05) is 42.1 Å². The smallest absolute Gasteiger partial charge is 0.292 e. The molecule has 1 heterocycles. The second-order valence-corrected chi connectivity index (χ2v) is 8.11. The first-order valence-corrected chi connectivity index (χ1v) is 8.46. The number of benzene rings is 1. The van der Waals surface area contributed by atoms with E-state index in [0.717, 1.165) is 12.3 Å². The highest BCUT2D eigenvalue weighted by Gasteiger charge is 2.12. The van der Waals surface area contributed by atoms with Crippen molar-refractivity contribution in [2.24, 2.45) is 0 Å². The number of halogens is 1. The van der Waals surface area contributed by atoms with E-state index in [2.05, 4.69) is 31.2 Å². The Kier molecular flexibility index (Phi) is 5.53. The Morgan fingerprint density at radius 2 is 1.95 bits per heavy atom. The maximum Gasteiger partial charge on any atom is 0.292 e. The Labute approximate surface area is 139 Å². The predicted molar refractivity (Wildman–Crippen MR) is 95.5 cm³/mol. The maximum atomic E-state index is 12.3. The zero-order valence-electron chi connectivity index (χ0n) is 13.0. The van der Waals surface area contributed by atoms with Gasteiger partial charge in [-0.25, -0.2) is 0 Å². The number of aromatic nitrogens is 2. The van der Waals surface area contributed by atoms with Crippen LogP contribution in [0.4, 0.5) is 5.69 Å². The lowest BCUT2D eigenvalue weighted by molar-refractivity contribution is 0.801. The van der Waals surface area contributed by atoms with Crippen molar-refractivity contribution in [3.8, 4) is 5.69 Å². The Morgan fingerprint density at radius 3 is 2.59 bits per heavy atom. The van der Waals surface area contributed by atoms with Gasteiger partial charge >= 0.3 is 0 Å². The summed E-state index contributed by atoms with van der Waals surface area (Å²) in [5, 5.41) is 7.53. The van der Waals surface area contributed by atoms with E-state index in [9.17, 15) is 4.79 Å². The van der Waals surface area contributed by atoms with Gasteiger partial charge in [-0.05, 0) is 12.1 Å². The molecule has 0 aliphatic heterocycles. The minimum Gasteiger partial charge on any atom is -0.382 e. The standard InChI is InChI=1S/C16H20ClN3OS/c1-16(2,3)22-10-9-18-13-11-19-20(15(21)14(13)17)12-7-5-4-6-8-12/h4-8,11,18H,9-10H2,1-3H3. The molecule has 0 bridgehead atoms. The molecule has 22 heavy (non-hydrogen) atoms. The highest BCUT2D eigenvalue weighted by atomic mass is 35.5. The molecule has 0 spiro atoms. The molecule has 0 saturated heterocycles. The summed E-state index contributed by atoms with van der Waals surface area (Å²) in [6.07, 6.45) is 1.60. The number of hydrogen-bond acceptors (Lipinski definition) is 4. The highest BCUT2D eigenvalue weighted by molar-refractivity contribution is 8.00. The molecular formula is C16H20ClN3OS. The second kappa shape index (κ2) is 7.20. The average Bonchev–Trinajstić information content (AvgIpc) is 2.48. The number of anilines is 1. The Hall–Kier alpha value is -1.46. The number of nitrogens with zero attached hydrogens (tertiary/aromatic N) is 2. The summed E-state index contributed by atoms with van der Waals surface area (Å²) in [6, 6.07) is 9.23. The van der Waals surface area contributed by atoms with Crippen LogP contribution < -0.4 is 10.9 Å². The summed E-state index contributed by atoms with van der Waals surface area (Å²) in [5.41, 5.74) is 0.957. The van der Waals surface area contributed by atoms with Crippen LogP contribution in [0.2, 0.25) is 5.02 Å². The number of rotatable bonds is 5. The molecule has 0 unspecified atom stereocenters. The molecule has 6 heteroatoms. The molecule has 118 valence electrons. The fraction of sp³-hybridized carbons (Fsp3) is 0.375. The van der Waals surface area contributed by atoms with Crippen molar-refractivity contribution in [2.45, 2.75) is 25.5 Å². The van der Waals surface area contributed by atoms with E-state index in [0.29, 0.717) is 11.4 Å². The third kappa shape index (κ3) is 4.52. The summed E-state index contributed by atoms with van der Waals surface area (Å²) in [7, 11) is 0. The lowest BCUT2D eigenvalue weighted by atomic mass is 10.3. The molecule has 4 nitrogen and oxygen atoms in total. The van der Waals surface area contributed by atoms with Gasteiger partial charge < -0.3 is 5.32 Å². The van der Waals surface area contributed by atoms with Gasteiger partial charge in [0.2, 0.25) is 0 Å². The van der Waals surface area contributed by atoms with Crippen LogP contribution in [-0.2, 0) is 0 Å². The molecule has 2 rings (SSSR count). The van der Waals surface area contributed by atoms with Gasteiger partial charge in [-0.3, -0.25) is 4.79 Å². The van der Waals surface area contributed by atoms with Gasteiger partial charge in [0.05, 0.1) is 17.6 Å². The van der Waals surface area contributed by atoms with Crippen LogP contribution in [0.5, 0.6) is 0 Å². The fourth-order valence-electron chi connectivity index (χ4n) is 1.85. The molecule has 0 saturated carbocycles. The third-order valence-electron chi connectivity index (χ3n) is 2.87. The van der Waals surface area contributed by atoms with Crippen molar-refractivity contribution in [1.82, 2.24) is 9.78 Å². The van der Waals surface area contributed by atoms with Crippen molar-refractivity contribution in [3.05, 3.63) is 51.9 Å². The Bertz CT molecular complexity index is 680. The largest absolute Gasteiger partial charge is 0.382 e. The molecule has 0 fully saturated rings. The first kappa shape index (κ1) is 16.9. The monoisotopic (exact) mass is 337 g/mol. The third-order valence-corrected chi connectivity index (χ3v) is 4.51. The maximum absolute atomic E-state index is 12.3. The zero-order chi connectivity index (χ0) is 16.2. The van der Waals surface area contributed by atoms with Crippen molar-refractivity contribution in [1.29, 1.82) is 0 Å². The van der Waals surface area contributed by atoms with Gasteiger partial charge in [0, 0.05) is 17.0 Å². The summed E-state index contributed by atoms with van der Waals surface area (Å²) in [5.74, 6) is 0.932. The van der Waals surface area contributed by atoms with Crippen molar-refractivity contribution >= 4 is 29.1 Å². The van der Waals surface area contributed by atoms with Gasteiger partial charge in [-0.15, -0.1) is 0 Å². The predicted octanol–water partition coefficient (Wildman–Crippen LogP) is 3.83. The van der Waals surface area contributed by atoms with E-state index in [1.54, 1.807) is 6.20 Å².